The standard InChI is InChI=1S/C3H4O3.Na.H/c4-3(5)2-1-6-2;;/h2H,1H2,(H,4,5);;. The number of hydrogen-bond acceptors (Lipinski definition) is 2. The fourth-order valence-corrected chi connectivity index (χ4v) is 0.191. The van der Waals surface area contributed by atoms with Gasteiger partial charge >= 0.3 is 35.5 Å². The van der Waals surface area contributed by atoms with Gasteiger partial charge in [-0.05, 0) is 0 Å². The molecule has 0 saturated carbocycles. The monoisotopic (exact) mass is 112 g/mol. The molecule has 7 heavy (non-hydrogen) atoms. The zero-order valence-electron chi connectivity index (χ0n) is 3.05. The van der Waals surface area contributed by atoms with Crippen molar-refractivity contribution >= 4 is 35.5 Å². The number of ether oxygens (including phenoxy) is 1. The maximum absolute atomic E-state index is 9.64. The van der Waals surface area contributed by atoms with Crippen LogP contribution in [0.15, 0.2) is 0 Å². The summed E-state index contributed by atoms with van der Waals surface area (Å²) in [5.41, 5.74) is 0. The Bertz CT molecular complexity index is 78.2. The Morgan fingerprint density at radius 3 is 2.29 bits per heavy atom. The number of carboxylic acid groups (broad SMARTS) is 1. The molecule has 3 nitrogen and oxygen atoms in total. The molecule has 1 aliphatic heterocycles. The van der Waals surface area contributed by atoms with Crippen LogP contribution in [0, 0.1) is 0 Å². The average molecular weight is 112 g/mol. The van der Waals surface area contributed by atoms with Crippen LogP contribution in [0.2, 0.25) is 0 Å². The molecule has 36 valence electrons. The topological polar surface area (TPSA) is 49.8 Å². The first-order valence-corrected chi connectivity index (χ1v) is 1.65. The van der Waals surface area contributed by atoms with Crippen LogP contribution < -0.4 is 0 Å². The molecule has 0 aromatic rings. The van der Waals surface area contributed by atoms with E-state index >= 15 is 0 Å². The van der Waals surface area contributed by atoms with E-state index in [-0.39, 0.29) is 29.6 Å². The summed E-state index contributed by atoms with van der Waals surface area (Å²) in [5, 5.41) is 7.93. The maximum atomic E-state index is 9.64. The second-order valence-electron chi connectivity index (χ2n) is 1.16. The summed E-state index contributed by atoms with van der Waals surface area (Å²) in [6, 6.07) is 0. The van der Waals surface area contributed by atoms with Crippen molar-refractivity contribution in [2.75, 3.05) is 6.61 Å². The molecule has 0 radical (unpaired) electrons. The van der Waals surface area contributed by atoms with Gasteiger partial charge in [0.25, 0.3) is 0 Å². The van der Waals surface area contributed by atoms with Crippen LogP contribution in [0.3, 0.4) is 0 Å². The Kier molecular flexibility index (Phi) is 2.83. The van der Waals surface area contributed by atoms with Crippen LogP contribution in [-0.4, -0.2) is 53.3 Å². The molecule has 1 heterocycles. The van der Waals surface area contributed by atoms with E-state index in [4.69, 9.17) is 5.11 Å². The summed E-state index contributed by atoms with van der Waals surface area (Å²) in [6.45, 7) is 0.398. The quantitative estimate of drug-likeness (QED) is 0.343. The third-order valence-electron chi connectivity index (χ3n) is 0.609. The zero-order chi connectivity index (χ0) is 4.57. The van der Waals surface area contributed by atoms with E-state index in [0.29, 0.717) is 6.61 Å². The minimum absolute atomic E-state index is 0. The van der Waals surface area contributed by atoms with E-state index in [1.54, 1.807) is 0 Å². The van der Waals surface area contributed by atoms with Crippen molar-refractivity contribution < 1.29 is 14.6 Å². The Labute approximate surface area is 62.9 Å². The van der Waals surface area contributed by atoms with Gasteiger partial charge < -0.3 is 9.84 Å². The minimum atomic E-state index is -0.852. The van der Waals surface area contributed by atoms with Crippen LogP contribution in [0.1, 0.15) is 0 Å². The van der Waals surface area contributed by atoms with Crippen molar-refractivity contribution in [3.05, 3.63) is 0 Å². The molecule has 1 atom stereocenters. The third kappa shape index (κ3) is 2.29. The average Bonchev–Trinajstić information content (AvgIpc) is 2.06. The van der Waals surface area contributed by atoms with Gasteiger partial charge in [0.05, 0.1) is 6.61 Å². The van der Waals surface area contributed by atoms with Gasteiger partial charge in [-0.2, -0.15) is 0 Å². The van der Waals surface area contributed by atoms with Crippen LogP contribution in [0.4, 0.5) is 0 Å². The number of aliphatic carboxylic acids is 1. The van der Waals surface area contributed by atoms with Crippen molar-refractivity contribution in [1.82, 2.24) is 0 Å². The predicted octanol–water partition coefficient (Wildman–Crippen LogP) is -1.18. The molecule has 0 aromatic carbocycles. The van der Waals surface area contributed by atoms with Gasteiger partial charge in [-0.15, -0.1) is 0 Å². The number of carbonyl (C=O) groups is 1. The molecule has 1 aliphatic rings. The molecular weight excluding hydrogens is 107 g/mol. The van der Waals surface area contributed by atoms with Crippen molar-refractivity contribution in [2.24, 2.45) is 0 Å². The number of carboxylic acids is 1. The summed E-state index contributed by atoms with van der Waals surface area (Å²) in [6.07, 6.45) is -0.481. The van der Waals surface area contributed by atoms with E-state index in [1.807, 2.05) is 0 Å². The summed E-state index contributed by atoms with van der Waals surface area (Å²) in [4.78, 5) is 9.64. The predicted molar refractivity (Wildman–Crippen MR) is 24.5 cm³/mol. The first-order valence-electron chi connectivity index (χ1n) is 1.65. The number of rotatable bonds is 1. The molecule has 0 aliphatic carbocycles. The number of epoxide rings is 1. The van der Waals surface area contributed by atoms with Gasteiger partial charge in [0.1, 0.15) is 0 Å². The molecule has 1 fully saturated rings. The summed E-state index contributed by atoms with van der Waals surface area (Å²) in [7, 11) is 0. The molecule has 1 saturated heterocycles. The molecule has 4 heteroatoms. The fourth-order valence-electron chi connectivity index (χ4n) is 0.191. The van der Waals surface area contributed by atoms with Crippen molar-refractivity contribution in [1.29, 1.82) is 0 Å². The second kappa shape index (κ2) is 2.67. The fraction of sp³-hybridized carbons (Fsp3) is 0.667. The van der Waals surface area contributed by atoms with Gasteiger partial charge in [0.2, 0.25) is 0 Å². The summed E-state index contributed by atoms with van der Waals surface area (Å²) >= 11 is 0. The Morgan fingerprint density at radius 2 is 2.29 bits per heavy atom. The number of hydrogen-bond donors (Lipinski definition) is 1. The van der Waals surface area contributed by atoms with Crippen LogP contribution >= 0.6 is 0 Å². The SMILES string of the molecule is O=C(O)C1CO1.[NaH]. The van der Waals surface area contributed by atoms with Crippen LogP contribution in [-0.2, 0) is 9.53 Å². The molecule has 0 spiro atoms. The molecule has 1 N–H and O–H groups in total. The molecule has 1 rings (SSSR count). The second-order valence-corrected chi connectivity index (χ2v) is 1.16. The first-order chi connectivity index (χ1) is 2.80. The summed E-state index contributed by atoms with van der Waals surface area (Å²) < 4.78 is 4.37. The molecule has 0 bridgehead atoms. The Hall–Kier alpha value is 0.430. The van der Waals surface area contributed by atoms with Gasteiger partial charge in [0.15, 0.2) is 6.10 Å². The third-order valence-corrected chi connectivity index (χ3v) is 0.609. The normalized spacial score (nSPS) is 25.4. The van der Waals surface area contributed by atoms with E-state index in [1.165, 1.54) is 0 Å². The van der Waals surface area contributed by atoms with Crippen molar-refractivity contribution in [2.45, 2.75) is 6.10 Å². The van der Waals surface area contributed by atoms with E-state index in [9.17, 15) is 4.79 Å². The van der Waals surface area contributed by atoms with Gasteiger partial charge in [0, 0.05) is 0 Å². The van der Waals surface area contributed by atoms with Gasteiger partial charge in [-0.1, -0.05) is 0 Å². The Balaban J connectivity index is 0.000000360. The zero-order valence-corrected chi connectivity index (χ0v) is 3.05. The summed E-state index contributed by atoms with van der Waals surface area (Å²) in [5.74, 6) is -0.852. The van der Waals surface area contributed by atoms with E-state index in [2.05, 4.69) is 4.74 Å². The Morgan fingerprint density at radius 1 is 1.86 bits per heavy atom. The van der Waals surface area contributed by atoms with Gasteiger partial charge in [-0.3, -0.25) is 0 Å². The van der Waals surface area contributed by atoms with E-state index < -0.39 is 12.1 Å². The van der Waals surface area contributed by atoms with Crippen molar-refractivity contribution in [3.63, 3.8) is 0 Å². The molecule has 0 aromatic heterocycles. The van der Waals surface area contributed by atoms with Crippen LogP contribution in [0.25, 0.3) is 0 Å². The molecule has 1 unspecified atom stereocenters. The van der Waals surface area contributed by atoms with Gasteiger partial charge in [-0.25, -0.2) is 4.79 Å². The first kappa shape index (κ1) is 7.43. The molecule has 0 amide bonds. The van der Waals surface area contributed by atoms with Crippen molar-refractivity contribution in [3.8, 4) is 0 Å². The van der Waals surface area contributed by atoms with E-state index in [0.717, 1.165) is 0 Å². The van der Waals surface area contributed by atoms with Crippen LogP contribution in [0.5, 0.6) is 0 Å². The molecular formula is C3H5NaO3.